The van der Waals surface area contributed by atoms with E-state index < -0.39 is 28.2 Å². The number of nitrogens with one attached hydrogen (secondary N) is 1. The lowest BCUT2D eigenvalue weighted by atomic mass is 9.68. The molecule has 3 aliphatic heterocycles. The third-order valence-corrected chi connectivity index (χ3v) is 6.23. The largest absolute Gasteiger partial charge is 0.367 e. The number of hydrogen-bond donors (Lipinski definition) is 2. The summed E-state index contributed by atoms with van der Waals surface area (Å²) >= 11 is 4.13. The summed E-state index contributed by atoms with van der Waals surface area (Å²) in [5.74, 6) is -0.626. The Morgan fingerprint density at radius 3 is 2.82 bits per heavy atom. The number of nitro benzene ring substituents is 1. The van der Waals surface area contributed by atoms with Crippen LogP contribution in [0.25, 0.3) is 0 Å². The van der Waals surface area contributed by atoms with E-state index in [1.807, 2.05) is 4.90 Å². The summed E-state index contributed by atoms with van der Waals surface area (Å²) in [6.07, 6.45) is 2.00. The van der Waals surface area contributed by atoms with E-state index in [2.05, 4.69) is 17.9 Å². The van der Waals surface area contributed by atoms with Gasteiger partial charge < -0.3 is 4.90 Å². The smallest absolute Gasteiger partial charge is 0.330 e. The van der Waals surface area contributed by atoms with Crippen LogP contribution in [-0.4, -0.2) is 52.6 Å². The molecule has 0 saturated carbocycles. The van der Waals surface area contributed by atoms with Gasteiger partial charge in [-0.2, -0.15) is 12.6 Å². The van der Waals surface area contributed by atoms with Gasteiger partial charge >= 0.3 is 6.03 Å². The Labute approximate surface area is 166 Å². The minimum atomic E-state index is -1.46. The van der Waals surface area contributed by atoms with Crippen LogP contribution in [0.2, 0.25) is 0 Å². The quantitative estimate of drug-likeness (QED) is 0.340. The number of anilines is 1. The molecular formula is C18H20N4O5S. The summed E-state index contributed by atoms with van der Waals surface area (Å²) in [4.78, 5) is 52.6. The second-order valence-electron chi connectivity index (χ2n) is 7.36. The summed E-state index contributed by atoms with van der Waals surface area (Å²) < 4.78 is 0. The lowest BCUT2D eigenvalue weighted by molar-refractivity contribution is -0.384. The van der Waals surface area contributed by atoms with Crippen molar-refractivity contribution in [1.82, 2.24) is 10.2 Å². The maximum Gasteiger partial charge on any atom is 0.330 e. The Morgan fingerprint density at radius 2 is 2.11 bits per heavy atom. The number of amides is 4. The standard InChI is InChI=1S/C18H20N4O5S/c23-15-18(16(24)21(7-2-8-28)17(25)19-15)10-11-9-12(22(26)27)4-5-13(11)20-6-1-3-14(18)20/h4-5,9,14,28H,1-3,6-8,10H2,(H,19,23,25). The van der Waals surface area contributed by atoms with Gasteiger partial charge in [-0.1, -0.05) is 0 Å². The van der Waals surface area contributed by atoms with Crippen LogP contribution >= 0.6 is 12.6 Å². The van der Waals surface area contributed by atoms with Crippen molar-refractivity contribution < 1.29 is 19.3 Å². The number of rotatable bonds is 4. The molecule has 0 bridgehead atoms. The average Bonchev–Trinajstić information content (AvgIpc) is 3.16. The van der Waals surface area contributed by atoms with Crippen molar-refractivity contribution in [2.24, 2.45) is 5.41 Å². The highest BCUT2D eigenvalue weighted by atomic mass is 32.1. The summed E-state index contributed by atoms with van der Waals surface area (Å²) in [6.45, 7) is 0.833. The van der Waals surface area contributed by atoms with E-state index >= 15 is 0 Å². The molecule has 148 valence electrons. The fourth-order valence-corrected chi connectivity index (χ4v) is 4.82. The summed E-state index contributed by atoms with van der Waals surface area (Å²) in [5.41, 5.74) is -0.140. The summed E-state index contributed by atoms with van der Waals surface area (Å²) in [6, 6.07) is 3.48. The normalized spacial score (nSPS) is 26.3. The highest BCUT2D eigenvalue weighted by Gasteiger charge is 2.62. The van der Waals surface area contributed by atoms with E-state index in [1.165, 1.54) is 12.1 Å². The second kappa shape index (κ2) is 6.77. The van der Waals surface area contributed by atoms with Crippen LogP contribution in [0.15, 0.2) is 18.2 Å². The van der Waals surface area contributed by atoms with E-state index in [4.69, 9.17) is 0 Å². The summed E-state index contributed by atoms with van der Waals surface area (Å²) in [5, 5.41) is 13.6. The molecule has 2 saturated heterocycles. The zero-order valence-corrected chi connectivity index (χ0v) is 16.0. The Morgan fingerprint density at radius 1 is 1.32 bits per heavy atom. The van der Waals surface area contributed by atoms with Crippen molar-refractivity contribution in [2.45, 2.75) is 31.7 Å². The monoisotopic (exact) mass is 404 g/mol. The van der Waals surface area contributed by atoms with Gasteiger partial charge in [0, 0.05) is 37.3 Å². The number of benzene rings is 1. The van der Waals surface area contributed by atoms with E-state index in [1.54, 1.807) is 6.07 Å². The lowest BCUT2D eigenvalue weighted by Crippen LogP contribution is -2.71. The van der Waals surface area contributed by atoms with E-state index in [9.17, 15) is 24.5 Å². The van der Waals surface area contributed by atoms with Gasteiger partial charge in [0.1, 0.15) is 0 Å². The molecule has 0 radical (unpaired) electrons. The number of carbonyl (C=O) groups excluding carboxylic acids is 3. The van der Waals surface area contributed by atoms with E-state index in [0.29, 0.717) is 30.7 Å². The van der Waals surface area contributed by atoms with Crippen LogP contribution in [0.5, 0.6) is 0 Å². The van der Waals surface area contributed by atoms with Gasteiger partial charge in [0.15, 0.2) is 5.41 Å². The van der Waals surface area contributed by atoms with Crippen molar-refractivity contribution >= 4 is 41.8 Å². The molecule has 4 amide bonds. The molecule has 0 aliphatic carbocycles. The van der Waals surface area contributed by atoms with Crippen molar-refractivity contribution in [2.75, 3.05) is 23.7 Å². The molecule has 28 heavy (non-hydrogen) atoms. The molecule has 3 aliphatic rings. The summed E-state index contributed by atoms with van der Waals surface area (Å²) in [7, 11) is 0. The average molecular weight is 404 g/mol. The number of hydrogen-bond acceptors (Lipinski definition) is 7. The van der Waals surface area contributed by atoms with E-state index in [0.717, 1.165) is 17.0 Å². The van der Waals surface area contributed by atoms with E-state index in [-0.39, 0.29) is 24.7 Å². The molecule has 0 aromatic heterocycles. The third-order valence-electron chi connectivity index (χ3n) is 5.91. The van der Waals surface area contributed by atoms with Crippen molar-refractivity contribution in [3.8, 4) is 0 Å². The minimum Gasteiger partial charge on any atom is -0.367 e. The number of fused-ring (bicyclic) bond motifs is 4. The first-order valence-corrected chi connectivity index (χ1v) is 9.85. The Bertz CT molecular complexity index is 891. The van der Waals surface area contributed by atoms with Gasteiger partial charge in [-0.15, -0.1) is 0 Å². The molecule has 1 spiro atoms. The molecule has 2 fully saturated rings. The Kier molecular flexibility index (Phi) is 4.53. The highest BCUT2D eigenvalue weighted by molar-refractivity contribution is 7.80. The predicted molar refractivity (Wildman–Crippen MR) is 103 cm³/mol. The maximum absolute atomic E-state index is 13.5. The number of barbiturate groups is 1. The minimum absolute atomic E-state index is 0.0422. The second-order valence-corrected chi connectivity index (χ2v) is 7.81. The zero-order chi connectivity index (χ0) is 20.1. The molecule has 1 aromatic carbocycles. The number of non-ortho nitro benzene ring substituents is 1. The van der Waals surface area contributed by atoms with Crippen LogP contribution in [0.1, 0.15) is 24.8 Å². The molecule has 9 nitrogen and oxygen atoms in total. The SMILES string of the molecule is O=C1NC(=O)C2(Cc3cc([N+](=O)[O-])ccc3N3CCCC32)C(=O)N1CCCS. The maximum atomic E-state index is 13.5. The van der Waals surface area contributed by atoms with Crippen molar-refractivity contribution in [1.29, 1.82) is 0 Å². The molecular weight excluding hydrogens is 384 g/mol. The zero-order valence-electron chi connectivity index (χ0n) is 15.1. The van der Waals surface area contributed by atoms with Gasteiger partial charge in [-0.25, -0.2) is 4.79 Å². The van der Waals surface area contributed by atoms with Crippen LogP contribution in [0.4, 0.5) is 16.2 Å². The predicted octanol–water partition coefficient (Wildman–Crippen LogP) is 1.50. The number of nitrogens with zero attached hydrogens (tertiary/aromatic N) is 3. The van der Waals surface area contributed by atoms with Crippen LogP contribution in [0, 0.1) is 15.5 Å². The van der Waals surface area contributed by atoms with Crippen LogP contribution < -0.4 is 10.2 Å². The van der Waals surface area contributed by atoms with Gasteiger partial charge in [0.25, 0.3) is 5.69 Å². The first-order chi connectivity index (χ1) is 13.4. The first kappa shape index (κ1) is 18.7. The molecule has 3 heterocycles. The van der Waals surface area contributed by atoms with Crippen molar-refractivity contribution in [3.05, 3.63) is 33.9 Å². The highest BCUT2D eigenvalue weighted by Crippen LogP contribution is 2.48. The number of urea groups is 1. The topological polar surface area (TPSA) is 113 Å². The number of carbonyl (C=O) groups is 3. The van der Waals surface area contributed by atoms with Gasteiger partial charge in [0.05, 0.1) is 11.0 Å². The molecule has 2 unspecified atom stereocenters. The first-order valence-electron chi connectivity index (χ1n) is 9.22. The molecule has 1 N–H and O–H groups in total. The number of thiol groups is 1. The third kappa shape index (κ3) is 2.58. The molecule has 1 aromatic rings. The molecule has 4 rings (SSSR count). The van der Waals surface area contributed by atoms with Gasteiger partial charge in [0.2, 0.25) is 11.8 Å². The lowest BCUT2D eigenvalue weighted by Gasteiger charge is -2.49. The Hall–Kier alpha value is -2.62. The van der Waals surface area contributed by atoms with Crippen LogP contribution in [0.3, 0.4) is 0 Å². The van der Waals surface area contributed by atoms with Gasteiger partial charge in [-0.05, 0) is 36.6 Å². The van der Waals surface area contributed by atoms with Crippen LogP contribution in [-0.2, 0) is 16.0 Å². The number of imide groups is 2. The molecule has 2 atom stereocenters. The fourth-order valence-electron chi connectivity index (χ4n) is 4.68. The number of nitro groups is 1. The Balaban J connectivity index is 1.82. The fraction of sp³-hybridized carbons (Fsp3) is 0.500. The van der Waals surface area contributed by atoms with Crippen molar-refractivity contribution in [3.63, 3.8) is 0 Å². The molecule has 10 heteroatoms. The van der Waals surface area contributed by atoms with Gasteiger partial charge in [-0.3, -0.25) is 29.9 Å².